The van der Waals surface area contributed by atoms with Gasteiger partial charge >= 0.3 is 0 Å². The first-order valence-corrected chi connectivity index (χ1v) is 12.9. The summed E-state index contributed by atoms with van der Waals surface area (Å²) in [6, 6.07) is 14.1. The van der Waals surface area contributed by atoms with Gasteiger partial charge < -0.3 is 21.1 Å². The monoisotopic (exact) mass is 495 g/mol. The van der Waals surface area contributed by atoms with Crippen LogP contribution in [0.4, 0.5) is 26.7 Å². The lowest BCUT2D eigenvalue weighted by atomic mass is 9.98. The number of halogens is 1. The molecule has 3 heterocycles. The van der Waals surface area contributed by atoms with Crippen LogP contribution in [0.25, 0.3) is 0 Å². The number of β-amino-alcohol motifs (C(OH)–C–C–N with tert-alkyl or cyclic N) is 1. The second kappa shape index (κ2) is 10.3. The van der Waals surface area contributed by atoms with Crippen molar-refractivity contribution in [2.24, 2.45) is 0 Å². The second-order valence-corrected chi connectivity index (χ2v) is 10.2. The maximum absolute atomic E-state index is 13.2. The molecule has 2 aliphatic heterocycles. The highest BCUT2D eigenvalue weighted by molar-refractivity contribution is 7.18. The van der Waals surface area contributed by atoms with Gasteiger partial charge in [0.1, 0.15) is 16.5 Å². The fraction of sp³-hybridized carbons (Fsp3) is 0.385. The number of thiazole rings is 1. The lowest BCUT2D eigenvalue weighted by Gasteiger charge is -2.42. The van der Waals surface area contributed by atoms with Gasteiger partial charge in [0.15, 0.2) is 5.13 Å². The average Bonchev–Trinajstić information content (AvgIpc) is 3.24. The van der Waals surface area contributed by atoms with Crippen molar-refractivity contribution in [2.75, 3.05) is 42.1 Å². The minimum Gasteiger partial charge on any atom is -0.392 e. The Morgan fingerprint density at radius 1 is 1.06 bits per heavy atom. The average molecular weight is 496 g/mol. The number of aromatic nitrogens is 1. The number of nitrogens with two attached hydrogens (primary N) is 1. The SMILES string of the molecule is Nc1nc(Nc2ccc(N3CCC(N4CCCC(O)C4)CC3)cc2)sc1C(=O)c1ccc(F)cc1. The number of aliphatic hydroxyl groups is 1. The van der Waals surface area contributed by atoms with Crippen molar-refractivity contribution in [1.29, 1.82) is 0 Å². The molecule has 1 atom stereocenters. The molecule has 0 aliphatic carbocycles. The first-order valence-electron chi connectivity index (χ1n) is 12.1. The van der Waals surface area contributed by atoms with Gasteiger partial charge in [-0.1, -0.05) is 11.3 Å². The fourth-order valence-corrected chi connectivity index (χ4v) is 5.83. The molecule has 0 saturated carbocycles. The van der Waals surface area contributed by atoms with Gasteiger partial charge in [0.2, 0.25) is 5.78 Å². The van der Waals surface area contributed by atoms with E-state index in [0.717, 1.165) is 57.5 Å². The van der Waals surface area contributed by atoms with Gasteiger partial charge in [-0.15, -0.1) is 0 Å². The summed E-state index contributed by atoms with van der Waals surface area (Å²) in [5, 5.41) is 13.7. The largest absolute Gasteiger partial charge is 0.392 e. The number of anilines is 4. The lowest BCUT2D eigenvalue weighted by Crippen LogP contribution is -2.49. The van der Waals surface area contributed by atoms with E-state index in [0.29, 0.717) is 21.6 Å². The molecule has 4 N–H and O–H groups in total. The van der Waals surface area contributed by atoms with E-state index in [4.69, 9.17) is 5.73 Å². The van der Waals surface area contributed by atoms with Crippen LogP contribution in [-0.2, 0) is 0 Å². The van der Waals surface area contributed by atoms with Crippen LogP contribution < -0.4 is 16.0 Å². The first kappa shape index (κ1) is 23.7. The minimum atomic E-state index is -0.393. The van der Waals surface area contributed by atoms with Crippen LogP contribution >= 0.6 is 11.3 Å². The highest BCUT2D eigenvalue weighted by Gasteiger charge is 2.28. The van der Waals surface area contributed by atoms with Gasteiger partial charge in [0, 0.05) is 42.6 Å². The van der Waals surface area contributed by atoms with Crippen molar-refractivity contribution in [3.63, 3.8) is 0 Å². The molecule has 2 aliphatic rings. The molecule has 2 fully saturated rings. The summed E-state index contributed by atoms with van der Waals surface area (Å²) in [4.78, 5) is 22.2. The minimum absolute atomic E-state index is 0.160. The number of likely N-dealkylation sites (tertiary alicyclic amines) is 1. The standard InChI is InChI=1S/C26H30FN5O2S/c27-18-5-3-17(4-6-18)23(34)24-25(28)30-26(35-24)29-19-7-9-20(10-8-19)31-14-11-21(12-15-31)32-13-1-2-22(33)16-32/h3-10,21-22,33H,1-2,11-16,28H2,(H,29,30). The predicted molar refractivity (Wildman–Crippen MR) is 138 cm³/mol. The highest BCUT2D eigenvalue weighted by atomic mass is 32.1. The van der Waals surface area contributed by atoms with Gasteiger partial charge in [-0.25, -0.2) is 9.37 Å². The van der Waals surface area contributed by atoms with Crippen molar-refractivity contribution in [3.8, 4) is 0 Å². The van der Waals surface area contributed by atoms with E-state index in [1.54, 1.807) is 0 Å². The van der Waals surface area contributed by atoms with Crippen molar-refractivity contribution >= 4 is 39.4 Å². The molecule has 5 rings (SSSR count). The third-order valence-corrected chi connectivity index (χ3v) is 7.84. The molecule has 2 saturated heterocycles. The van der Waals surface area contributed by atoms with Crippen LogP contribution in [0.1, 0.15) is 40.9 Å². The number of benzene rings is 2. The number of nitrogens with one attached hydrogen (secondary N) is 1. The van der Waals surface area contributed by atoms with Gasteiger partial charge in [0.25, 0.3) is 0 Å². The lowest BCUT2D eigenvalue weighted by molar-refractivity contribution is 0.0398. The van der Waals surface area contributed by atoms with Crippen LogP contribution in [0, 0.1) is 5.82 Å². The van der Waals surface area contributed by atoms with Crippen LogP contribution in [-0.4, -0.2) is 59.1 Å². The maximum atomic E-state index is 13.2. The molecule has 9 heteroatoms. The van der Waals surface area contributed by atoms with E-state index in [2.05, 4.69) is 32.2 Å². The van der Waals surface area contributed by atoms with Gasteiger partial charge in [-0.05, 0) is 80.8 Å². The number of hydrogen-bond donors (Lipinski definition) is 3. The molecule has 3 aromatic rings. The van der Waals surface area contributed by atoms with E-state index >= 15 is 0 Å². The Balaban J connectivity index is 1.18. The molecule has 0 spiro atoms. The second-order valence-electron chi connectivity index (χ2n) is 9.25. The number of nitrogens with zero attached hydrogens (tertiary/aromatic N) is 3. The topological polar surface area (TPSA) is 94.7 Å². The summed E-state index contributed by atoms with van der Waals surface area (Å²) >= 11 is 1.18. The van der Waals surface area contributed by atoms with Crippen molar-refractivity contribution < 1.29 is 14.3 Å². The van der Waals surface area contributed by atoms with Crippen LogP contribution in [0.5, 0.6) is 0 Å². The van der Waals surface area contributed by atoms with Gasteiger partial charge in [-0.2, -0.15) is 0 Å². The van der Waals surface area contributed by atoms with Crippen molar-refractivity contribution in [2.45, 2.75) is 37.8 Å². The molecule has 0 bridgehead atoms. The predicted octanol–water partition coefficient (Wildman–Crippen LogP) is 4.26. The third kappa shape index (κ3) is 5.47. The Bertz CT molecular complexity index is 1160. The molecular weight excluding hydrogens is 465 g/mol. The Kier molecular flexibility index (Phi) is 6.99. The van der Waals surface area contributed by atoms with Crippen molar-refractivity contribution in [1.82, 2.24) is 9.88 Å². The Hall–Kier alpha value is -3.01. The van der Waals surface area contributed by atoms with Crippen LogP contribution in [0.3, 0.4) is 0 Å². The highest BCUT2D eigenvalue weighted by Crippen LogP contribution is 2.31. The number of piperidine rings is 2. The van der Waals surface area contributed by atoms with E-state index in [-0.39, 0.29) is 17.7 Å². The zero-order chi connectivity index (χ0) is 24.4. The Morgan fingerprint density at radius 3 is 2.46 bits per heavy atom. The molecule has 1 aromatic heterocycles. The zero-order valence-electron chi connectivity index (χ0n) is 19.5. The quantitative estimate of drug-likeness (QED) is 0.440. The van der Waals surface area contributed by atoms with E-state index in [1.165, 1.54) is 41.3 Å². The smallest absolute Gasteiger partial charge is 0.206 e. The molecule has 1 unspecified atom stereocenters. The van der Waals surface area contributed by atoms with E-state index in [9.17, 15) is 14.3 Å². The van der Waals surface area contributed by atoms with Crippen molar-refractivity contribution in [3.05, 3.63) is 64.8 Å². The fourth-order valence-electron chi connectivity index (χ4n) is 4.96. The molecule has 7 nitrogen and oxygen atoms in total. The molecule has 35 heavy (non-hydrogen) atoms. The number of rotatable bonds is 6. The third-order valence-electron chi connectivity index (χ3n) is 6.86. The molecule has 184 valence electrons. The Labute approximate surface area is 208 Å². The first-order chi connectivity index (χ1) is 17.0. The molecule has 0 amide bonds. The zero-order valence-corrected chi connectivity index (χ0v) is 20.3. The summed E-state index contributed by atoms with van der Waals surface area (Å²) in [5.74, 6) is -0.505. The summed E-state index contributed by atoms with van der Waals surface area (Å²) in [7, 11) is 0. The number of carbonyl (C=O) groups excluding carboxylic acids is 1. The summed E-state index contributed by atoms with van der Waals surface area (Å²) in [6.45, 7) is 3.91. The number of aliphatic hydroxyl groups excluding tert-OH is 1. The molecular formula is C26H30FN5O2S. The molecule has 2 aromatic carbocycles. The summed E-state index contributed by atoms with van der Waals surface area (Å²) < 4.78 is 13.2. The number of hydrogen-bond acceptors (Lipinski definition) is 8. The maximum Gasteiger partial charge on any atom is 0.206 e. The van der Waals surface area contributed by atoms with E-state index in [1.807, 2.05) is 12.1 Å². The van der Waals surface area contributed by atoms with Crippen LogP contribution in [0.2, 0.25) is 0 Å². The van der Waals surface area contributed by atoms with Gasteiger partial charge in [0.05, 0.1) is 6.10 Å². The number of carbonyl (C=O) groups is 1. The van der Waals surface area contributed by atoms with Gasteiger partial charge in [-0.3, -0.25) is 9.69 Å². The number of nitrogen functional groups attached to an aromatic ring is 1. The van der Waals surface area contributed by atoms with Crippen LogP contribution in [0.15, 0.2) is 48.5 Å². The summed E-state index contributed by atoms with van der Waals surface area (Å²) in [6.07, 6.45) is 4.05. The number of ketones is 1. The normalized spacial score (nSPS) is 19.6. The Morgan fingerprint density at radius 2 is 1.77 bits per heavy atom. The molecule has 0 radical (unpaired) electrons. The van der Waals surface area contributed by atoms with E-state index < -0.39 is 5.82 Å². The summed E-state index contributed by atoms with van der Waals surface area (Å²) in [5.41, 5.74) is 8.41.